The minimum atomic E-state index is -0.833. The van der Waals surface area contributed by atoms with Crippen LogP contribution in [0.4, 0.5) is 0 Å². The smallest absolute Gasteiger partial charge is 0.255 e. The summed E-state index contributed by atoms with van der Waals surface area (Å²) in [7, 11) is 0. The van der Waals surface area contributed by atoms with Crippen molar-refractivity contribution in [3.8, 4) is 5.75 Å². The predicted molar refractivity (Wildman–Crippen MR) is 71.1 cm³/mol. The Hall–Kier alpha value is -1.56. The monoisotopic (exact) mass is 314 g/mol. The molecule has 98 valence electrons. The molecule has 0 radical (unpaired) electrons. The molecule has 5 nitrogen and oxygen atoms in total. The average Bonchev–Trinajstić information content (AvgIpc) is 2.25. The molecule has 6 heteroatoms. The lowest BCUT2D eigenvalue weighted by Crippen LogP contribution is -2.42. The van der Waals surface area contributed by atoms with Crippen LogP contribution in [0.3, 0.4) is 0 Å². The largest absolute Gasteiger partial charge is 0.507 e. The molecule has 0 atom stereocenters. The fourth-order valence-electron chi connectivity index (χ4n) is 1.18. The molecule has 1 aromatic carbocycles. The van der Waals surface area contributed by atoms with Gasteiger partial charge in [0.1, 0.15) is 5.75 Å². The molecule has 0 spiro atoms. The first-order chi connectivity index (χ1) is 8.24. The molecule has 0 unspecified atom stereocenters. The number of amides is 2. The summed E-state index contributed by atoms with van der Waals surface area (Å²) < 4.78 is 0.675. The van der Waals surface area contributed by atoms with Gasteiger partial charge in [-0.2, -0.15) is 0 Å². The number of hydrogen-bond donors (Lipinski definition) is 3. The fraction of sp³-hybridized carbons (Fsp3) is 0.333. The van der Waals surface area contributed by atoms with E-state index in [2.05, 4.69) is 21.2 Å². The molecule has 4 N–H and O–H groups in total. The minimum Gasteiger partial charge on any atom is -0.507 e. The van der Waals surface area contributed by atoms with Gasteiger partial charge in [0, 0.05) is 11.0 Å². The molecule has 0 aliphatic carbocycles. The maximum atomic E-state index is 11.8. The Morgan fingerprint density at radius 2 is 2.06 bits per heavy atom. The summed E-state index contributed by atoms with van der Waals surface area (Å²) in [6.07, 6.45) is 0. The predicted octanol–water partition coefficient (Wildman–Crippen LogP) is 1.40. The van der Waals surface area contributed by atoms with E-state index >= 15 is 0 Å². The minimum absolute atomic E-state index is 0.108. The van der Waals surface area contributed by atoms with Crippen LogP contribution in [-0.2, 0) is 4.79 Å². The SMILES string of the molecule is CC(C)(CNC(=O)c1ccc(Br)cc1O)C(N)=O. The number of phenols is 1. The van der Waals surface area contributed by atoms with Gasteiger partial charge < -0.3 is 16.2 Å². The molecule has 0 aliphatic rings. The van der Waals surface area contributed by atoms with Crippen LogP contribution >= 0.6 is 15.9 Å². The highest BCUT2D eigenvalue weighted by molar-refractivity contribution is 9.10. The lowest BCUT2D eigenvalue weighted by atomic mass is 9.92. The summed E-state index contributed by atoms with van der Waals surface area (Å²) in [6, 6.07) is 4.56. The average molecular weight is 315 g/mol. The van der Waals surface area contributed by atoms with Crippen molar-refractivity contribution in [3.05, 3.63) is 28.2 Å². The van der Waals surface area contributed by atoms with Crippen molar-refractivity contribution in [2.45, 2.75) is 13.8 Å². The number of nitrogens with one attached hydrogen (secondary N) is 1. The third kappa shape index (κ3) is 3.46. The van der Waals surface area contributed by atoms with Crippen molar-refractivity contribution in [2.24, 2.45) is 11.1 Å². The van der Waals surface area contributed by atoms with Crippen molar-refractivity contribution >= 4 is 27.7 Å². The molecule has 2 amide bonds. The van der Waals surface area contributed by atoms with E-state index in [-0.39, 0.29) is 17.9 Å². The van der Waals surface area contributed by atoms with Gasteiger partial charge in [-0.3, -0.25) is 9.59 Å². The van der Waals surface area contributed by atoms with Gasteiger partial charge in [-0.25, -0.2) is 0 Å². The van der Waals surface area contributed by atoms with Crippen molar-refractivity contribution in [3.63, 3.8) is 0 Å². The third-order valence-corrected chi connectivity index (χ3v) is 3.06. The van der Waals surface area contributed by atoms with Crippen molar-refractivity contribution in [1.29, 1.82) is 0 Å². The summed E-state index contributed by atoms with van der Waals surface area (Å²) in [5.41, 5.74) is 4.52. The van der Waals surface area contributed by atoms with Crippen molar-refractivity contribution < 1.29 is 14.7 Å². The van der Waals surface area contributed by atoms with Crippen LogP contribution in [0.25, 0.3) is 0 Å². The zero-order valence-corrected chi connectivity index (χ0v) is 11.7. The van der Waals surface area contributed by atoms with E-state index in [1.807, 2.05) is 0 Å². The second-order valence-corrected chi connectivity index (χ2v) is 5.51. The summed E-state index contributed by atoms with van der Waals surface area (Å²) in [4.78, 5) is 22.9. The van der Waals surface area contributed by atoms with E-state index in [1.54, 1.807) is 19.9 Å². The Morgan fingerprint density at radius 1 is 1.44 bits per heavy atom. The number of benzene rings is 1. The number of phenolic OH excluding ortho intramolecular Hbond substituents is 1. The first kappa shape index (κ1) is 14.5. The Labute approximate surface area is 113 Å². The second kappa shape index (κ2) is 5.39. The van der Waals surface area contributed by atoms with Crippen LogP contribution in [0, 0.1) is 5.41 Å². The van der Waals surface area contributed by atoms with E-state index in [4.69, 9.17) is 5.73 Å². The van der Waals surface area contributed by atoms with Gasteiger partial charge in [-0.1, -0.05) is 15.9 Å². The lowest BCUT2D eigenvalue weighted by Gasteiger charge is -2.20. The lowest BCUT2D eigenvalue weighted by molar-refractivity contribution is -0.125. The van der Waals surface area contributed by atoms with Gasteiger partial charge in [0.2, 0.25) is 5.91 Å². The Kier molecular flexibility index (Phi) is 4.34. The summed E-state index contributed by atoms with van der Waals surface area (Å²) >= 11 is 3.18. The first-order valence-electron chi connectivity index (χ1n) is 5.30. The molecule has 0 heterocycles. The van der Waals surface area contributed by atoms with E-state index in [0.29, 0.717) is 4.47 Å². The van der Waals surface area contributed by atoms with E-state index in [1.165, 1.54) is 12.1 Å². The molecule has 18 heavy (non-hydrogen) atoms. The van der Waals surface area contributed by atoms with Crippen LogP contribution in [0.2, 0.25) is 0 Å². The normalized spacial score (nSPS) is 11.1. The van der Waals surface area contributed by atoms with Gasteiger partial charge >= 0.3 is 0 Å². The Bertz CT molecular complexity index is 486. The number of rotatable bonds is 4. The number of primary amides is 1. The Morgan fingerprint density at radius 3 is 2.56 bits per heavy atom. The molecule has 0 fully saturated rings. The third-order valence-electron chi connectivity index (χ3n) is 2.56. The van der Waals surface area contributed by atoms with E-state index in [0.717, 1.165) is 0 Å². The van der Waals surface area contributed by atoms with Gasteiger partial charge in [-0.15, -0.1) is 0 Å². The molecule has 0 saturated heterocycles. The highest BCUT2D eigenvalue weighted by atomic mass is 79.9. The highest BCUT2D eigenvalue weighted by Crippen LogP contribution is 2.22. The highest BCUT2D eigenvalue weighted by Gasteiger charge is 2.26. The van der Waals surface area contributed by atoms with Crippen LogP contribution < -0.4 is 11.1 Å². The number of halogens is 1. The number of hydrogen-bond acceptors (Lipinski definition) is 3. The maximum absolute atomic E-state index is 11.8. The zero-order chi connectivity index (χ0) is 13.9. The number of carbonyl (C=O) groups excluding carboxylic acids is 2. The fourth-order valence-corrected chi connectivity index (χ4v) is 1.53. The molecular formula is C12H15BrN2O3. The summed E-state index contributed by atoms with van der Waals surface area (Å²) in [5, 5.41) is 12.2. The number of aromatic hydroxyl groups is 1. The van der Waals surface area contributed by atoms with Gasteiger partial charge in [-0.05, 0) is 32.0 Å². The van der Waals surface area contributed by atoms with Gasteiger partial charge in [0.15, 0.2) is 0 Å². The molecule has 0 aromatic heterocycles. The van der Waals surface area contributed by atoms with E-state index in [9.17, 15) is 14.7 Å². The molecule has 1 aromatic rings. The van der Waals surface area contributed by atoms with Crippen molar-refractivity contribution in [1.82, 2.24) is 5.32 Å². The quantitative estimate of drug-likeness (QED) is 0.784. The van der Waals surface area contributed by atoms with E-state index < -0.39 is 17.2 Å². The molecule has 0 aliphatic heterocycles. The Balaban J connectivity index is 2.75. The zero-order valence-electron chi connectivity index (χ0n) is 10.2. The molecular weight excluding hydrogens is 300 g/mol. The first-order valence-corrected chi connectivity index (χ1v) is 6.10. The van der Waals surface area contributed by atoms with Crippen LogP contribution in [-0.4, -0.2) is 23.5 Å². The topological polar surface area (TPSA) is 92.4 Å². The molecule has 1 rings (SSSR count). The standard InChI is InChI=1S/C12H15BrN2O3/c1-12(2,11(14)18)6-15-10(17)8-4-3-7(13)5-9(8)16/h3-5,16H,6H2,1-2H3,(H2,14,18)(H,15,17). The number of nitrogens with two attached hydrogens (primary N) is 1. The van der Waals surface area contributed by atoms with Crippen LogP contribution in [0.15, 0.2) is 22.7 Å². The maximum Gasteiger partial charge on any atom is 0.255 e. The van der Waals surface area contributed by atoms with Gasteiger partial charge in [0.05, 0.1) is 11.0 Å². The van der Waals surface area contributed by atoms with Crippen molar-refractivity contribution in [2.75, 3.05) is 6.54 Å². The van der Waals surface area contributed by atoms with Gasteiger partial charge in [0.25, 0.3) is 5.91 Å². The summed E-state index contributed by atoms with van der Waals surface area (Å²) in [6.45, 7) is 3.38. The van der Waals surface area contributed by atoms with Crippen LogP contribution in [0.5, 0.6) is 5.75 Å². The molecule has 0 saturated carbocycles. The molecule has 0 bridgehead atoms. The second-order valence-electron chi connectivity index (χ2n) is 4.59. The number of carbonyl (C=O) groups is 2. The summed E-state index contributed by atoms with van der Waals surface area (Å²) in [5.74, 6) is -1.07. The van der Waals surface area contributed by atoms with Crippen LogP contribution in [0.1, 0.15) is 24.2 Å².